The Morgan fingerprint density at radius 1 is 1.24 bits per heavy atom. The summed E-state index contributed by atoms with van der Waals surface area (Å²) in [4.78, 5) is 21.3. The van der Waals surface area contributed by atoms with Crippen molar-refractivity contribution in [3.8, 4) is 17.1 Å². The average Bonchev–Trinajstić information content (AvgIpc) is 3.51. The SMILES string of the molecule is C=Cc1cc(OCC(=O)NC2CC2)cc(-c2ncc(C)c(Nc3ccc4[nH]ncc4c3)n2)c1. The third kappa shape index (κ3) is 4.85. The summed E-state index contributed by atoms with van der Waals surface area (Å²) in [7, 11) is 0. The molecule has 1 aliphatic rings. The second kappa shape index (κ2) is 8.74. The van der Waals surface area contributed by atoms with Crippen LogP contribution >= 0.6 is 0 Å². The fraction of sp³-hybridized carbons (Fsp3) is 0.200. The highest BCUT2D eigenvalue weighted by atomic mass is 16.5. The molecular formula is C25H24N6O2. The van der Waals surface area contributed by atoms with Gasteiger partial charge in [-0.3, -0.25) is 9.89 Å². The molecule has 8 heteroatoms. The Morgan fingerprint density at radius 3 is 2.94 bits per heavy atom. The van der Waals surface area contributed by atoms with E-state index in [9.17, 15) is 4.79 Å². The monoisotopic (exact) mass is 440 g/mol. The van der Waals surface area contributed by atoms with Crippen LogP contribution in [0.3, 0.4) is 0 Å². The zero-order valence-corrected chi connectivity index (χ0v) is 18.3. The van der Waals surface area contributed by atoms with E-state index in [0.29, 0.717) is 23.4 Å². The van der Waals surface area contributed by atoms with Gasteiger partial charge in [-0.25, -0.2) is 9.97 Å². The molecule has 0 unspecified atom stereocenters. The van der Waals surface area contributed by atoms with Gasteiger partial charge in [0.05, 0.1) is 11.7 Å². The molecule has 0 saturated heterocycles. The van der Waals surface area contributed by atoms with Crippen LogP contribution in [0, 0.1) is 6.92 Å². The summed E-state index contributed by atoms with van der Waals surface area (Å²) in [5, 5.41) is 14.3. The summed E-state index contributed by atoms with van der Waals surface area (Å²) < 4.78 is 5.74. The first-order valence-electron chi connectivity index (χ1n) is 10.8. The molecule has 1 fully saturated rings. The Morgan fingerprint density at radius 2 is 2.12 bits per heavy atom. The van der Waals surface area contributed by atoms with Crippen LogP contribution in [-0.4, -0.2) is 38.7 Å². The van der Waals surface area contributed by atoms with Gasteiger partial charge in [0.2, 0.25) is 0 Å². The number of aryl methyl sites for hydroxylation is 1. The number of carbonyl (C=O) groups is 1. The minimum atomic E-state index is -0.115. The van der Waals surface area contributed by atoms with Crippen LogP contribution in [-0.2, 0) is 4.79 Å². The standard InChI is InChI=1S/C25H24N6O2/c1-3-16-8-17(11-21(9-16)33-14-23(32)28-19-4-5-19)25-26-12-15(2)24(30-25)29-20-6-7-22-18(10-20)13-27-31-22/h3,6-13,19H,1,4-5,14H2,2H3,(H,27,31)(H,28,32)(H,26,29,30). The number of nitrogens with zero attached hydrogens (tertiary/aromatic N) is 3. The lowest BCUT2D eigenvalue weighted by Gasteiger charge is -2.12. The van der Waals surface area contributed by atoms with Crippen molar-refractivity contribution in [1.82, 2.24) is 25.5 Å². The van der Waals surface area contributed by atoms with E-state index >= 15 is 0 Å². The van der Waals surface area contributed by atoms with Crippen molar-refractivity contribution in [2.75, 3.05) is 11.9 Å². The first kappa shape index (κ1) is 20.7. The van der Waals surface area contributed by atoms with Crippen molar-refractivity contribution in [3.05, 3.63) is 66.5 Å². The predicted octanol–water partition coefficient (Wildman–Crippen LogP) is 4.37. The number of rotatable bonds is 8. The van der Waals surface area contributed by atoms with Crippen molar-refractivity contribution in [2.45, 2.75) is 25.8 Å². The van der Waals surface area contributed by atoms with Crippen LogP contribution in [0.4, 0.5) is 11.5 Å². The van der Waals surface area contributed by atoms with Gasteiger partial charge in [-0.15, -0.1) is 0 Å². The molecular weight excluding hydrogens is 416 g/mol. The molecule has 33 heavy (non-hydrogen) atoms. The van der Waals surface area contributed by atoms with Gasteiger partial charge in [-0.2, -0.15) is 5.10 Å². The molecule has 0 bridgehead atoms. The van der Waals surface area contributed by atoms with Crippen LogP contribution in [0.25, 0.3) is 28.4 Å². The van der Waals surface area contributed by atoms with Crippen LogP contribution in [0.1, 0.15) is 24.0 Å². The lowest BCUT2D eigenvalue weighted by atomic mass is 10.1. The highest BCUT2D eigenvalue weighted by Crippen LogP contribution is 2.28. The fourth-order valence-electron chi connectivity index (χ4n) is 3.46. The average molecular weight is 441 g/mol. The van der Waals surface area contributed by atoms with Crippen LogP contribution in [0.5, 0.6) is 5.75 Å². The van der Waals surface area contributed by atoms with Gasteiger partial charge in [-0.1, -0.05) is 12.7 Å². The summed E-state index contributed by atoms with van der Waals surface area (Å²) in [6.07, 6.45) is 7.38. The highest BCUT2D eigenvalue weighted by molar-refractivity contribution is 5.83. The zero-order chi connectivity index (χ0) is 22.8. The molecule has 2 aromatic heterocycles. The minimum Gasteiger partial charge on any atom is -0.484 e. The van der Waals surface area contributed by atoms with Crippen molar-refractivity contribution in [1.29, 1.82) is 0 Å². The second-order valence-electron chi connectivity index (χ2n) is 8.15. The topological polar surface area (TPSA) is 105 Å². The number of benzene rings is 2. The third-order valence-electron chi connectivity index (χ3n) is 5.41. The van der Waals surface area contributed by atoms with Crippen LogP contribution < -0.4 is 15.4 Å². The molecule has 1 saturated carbocycles. The van der Waals surface area contributed by atoms with Gasteiger partial charge in [0.15, 0.2) is 12.4 Å². The van der Waals surface area contributed by atoms with Gasteiger partial charge < -0.3 is 15.4 Å². The first-order valence-corrected chi connectivity index (χ1v) is 10.8. The van der Waals surface area contributed by atoms with Gasteiger partial charge in [0.1, 0.15) is 11.6 Å². The number of hydrogen-bond donors (Lipinski definition) is 3. The van der Waals surface area contributed by atoms with Crippen molar-refractivity contribution < 1.29 is 9.53 Å². The molecule has 4 aromatic rings. The molecule has 2 aromatic carbocycles. The molecule has 0 spiro atoms. The van der Waals surface area contributed by atoms with E-state index in [1.165, 1.54) is 0 Å². The first-order chi connectivity index (χ1) is 16.1. The lowest BCUT2D eigenvalue weighted by Crippen LogP contribution is -2.30. The summed E-state index contributed by atoms with van der Waals surface area (Å²) in [5.74, 6) is 1.70. The summed E-state index contributed by atoms with van der Waals surface area (Å²) >= 11 is 0. The molecule has 2 heterocycles. The number of aromatic amines is 1. The van der Waals surface area contributed by atoms with Crippen molar-refractivity contribution in [2.24, 2.45) is 0 Å². The predicted molar refractivity (Wildman–Crippen MR) is 128 cm³/mol. The Hall–Kier alpha value is -4.20. The quantitative estimate of drug-likeness (QED) is 0.376. The van der Waals surface area contributed by atoms with E-state index < -0.39 is 0 Å². The molecule has 3 N–H and O–H groups in total. The molecule has 1 amide bonds. The van der Waals surface area contributed by atoms with E-state index in [1.807, 2.05) is 43.3 Å². The smallest absolute Gasteiger partial charge is 0.258 e. The Balaban J connectivity index is 1.39. The number of anilines is 2. The Labute approximate surface area is 191 Å². The third-order valence-corrected chi connectivity index (χ3v) is 5.41. The summed E-state index contributed by atoms with van der Waals surface area (Å²) in [6, 6.07) is 11.9. The van der Waals surface area contributed by atoms with Crippen molar-refractivity contribution >= 4 is 34.4 Å². The number of carbonyl (C=O) groups excluding carboxylic acids is 1. The Bertz CT molecular complexity index is 1340. The molecule has 0 atom stereocenters. The molecule has 0 radical (unpaired) electrons. The summed E-state index contributed by atoms with van der Waals surface area (Å²) in [6.45, 7) is 5.78. The molecule has 8 nitrogen and oxygen atoms in total. The maximum absolute atomic E-state index is 12.0. The van der Waals surface area contributed by atoms with E-state index in [1.54, 1.807) is 18.5 Å². The highest BCUT2D eigenvalue weighted by Gasteiger charge is 2.23. The number of fused-ring (bicyclic) bond motifs is 1. The number of hydrogen-bond acceptors (Lipinski definition) is 6. The number of aromatic nitrogens is 4. The summed E-state index contributed by atoms with van der Waals surface area (Å²) in [5.41, 5.74) is 4.43. The Kier molecular flexibility index (Phi) is 5.48. The zero-order valence-electron chi connectivity index (χ0n) is 18.3. The molecule has 166 valence electrons. The maximum atomic E-state index is 12.0. The van der Waals surface area contributed by atoms with Crippen molar-refractivity contribution in [3.63, 3.8) is 0 Å². The van der Waals surface area contributed by atoms with E-state index in [4.69, 9.17) is 9.72 Å². The van der Waals surface area contributed by atoms with Gasteiger partial charge in [0, 0.05) is 34.4 Å². The van der Waals surface area contributed by atoms with Crippen LogP contribution in [0.15, 0.2) is 55.4 Å². The number of amides is 1. The number of nitrogens with one attached hydrogen (secondary N) is 3. The van der Waals surface area contributed by atoms with Gasteiger partial charge >= 0.3 is 0 Å². The van der Waals surface area contributed by atoms with Crippen LogP contribution in [0.2, 0.25) is 0 Å². The van der Waals surface area contributed by atoms with E-state index in [-0.39, 0.29) is 12.5 Å². The largest absolute Gasteiger partial charge is 0.484 e. The normalized spacial score (nSPS) is 13.0. The molecule has 1 aliphatic carbocycles. The van der Waals surface area contributed by atoms with Gasteiger partial charge in [0.25, 0.3) is 5.91 Å². The second-order valence-corrected chi connectivity index (χ2v) is 8.15. The number of ether oxygens (including phenoxy) is 1. The minimum absolute atomic E-state index is 0.0331. The van der Waals surface area contributed by atoms with E-state index in [2.05, 4.69) is 32.4 Å². The van der Waals surface area contributed by atoms with Gasteiger partial charge in [-0.05, 0) is 61.7 Å². The molecule has 5 rings (SSSR count). The lowest BCUT2D eigenvalue weighted by molar-refractivity contribution is -0.123. The maximum Gasteiger partial charge on any atom is 0.258 e. The fourth-order valence-corrected chi connectivity index (χ4v) is 3.46. The van der Waals surface area contributed by atoms with E-state index in [0.717, 1.165) is 46.1 Å². The number of H-pyrrole nitrogens is 1. The molecule has 0 aliphatic heterocycles.